The SMILES string of the molecule is CSC(N)=[NH+]N=C1CC(=N[NH+]=C(N)SC)CC(C)(C)C1. The molecule has 1 rings (SSSR count). The molecule has 1 aliphatic rings. The third-order valence-corrected chi connectivity index (χ3v) is 3.92. The normalized spacial score (nSPS) is 24.4. The molecule has 6 nitrogen and oxygen atoms in total. The summed E-state index contributed by atoms with van der Waals surface area (Å²) in [5.74, 6) is 0. The Balaban J connectivity index is 2.91. The summed E-state index contributed by atoms with van der Waals surface area (Å²) >= 11 is 2.88. The van der Waals surface area contributed by atoms with Gasteiger partial charge in [-0.05, 0) is 54.3 Å². The lowest BCUT2D eigenvalue weighted by Gasteiger charge is -2.29. The first kappa shape index (κ1) is 17.0. The van der Waals surface area contributed by atoms with Gasteiger partial charge in [-0.2, -0.15) is 0 Å². The first-order valence-corrected chi connectivity index (χ1v) is 8.77. The molecule has 0 bridgehead atoms. The lowest BCUT2D eigenvalue weighted by atomic mass is 9.75. The predicted octanol–water partition coefficient (Wildman–Crippen LogP) is -1.57. The van der Waals surface area contributed by atoms with E-state index in [2.05, 4.69) is 34.3 Å². The van der Waals surface area contributed by atoms with E-state index in [4.69, 9.17) is 11.5 Å². The van der Waals surface area contributed by atoms with Crippen molar-refractivity contribution in [2.45, 2.75) is 33.1 Å². The monoisotopic (exact) mass is 316 g/mol. The lowest BCUT2D eigenvalue weighted by molar-refractivity contribution is -0.461. The van der Waals surface area contributed by atoms with Crippen LogP contribution < -0.4 is 21.7 Å². The second-order valence-electron chi connectivity index (χ2n) is 5.41. The van der Waals surface area contributed by atoms with Gasteiger partial charge in [0.05, 0.1) is 11.4 Å². The number of hydrogen-bond donors (Lipinski definition) is 4. The zero-order chi connectivity index (χ0) is 15.2. The minimum atomic E-state index is 0.140. The van der Waals surface area contributed by atoms with Crippen LogP contribution in [0, 0.1) is 5.41 Å². The summed E-state index contributed by atoms with van der Waals surface area (Å²) in [6.07, 6.45) is 6.42. The summed E-state index contributed by atoms with van der Waals surface area (Å²) < 4.78 is 0. The summed E-state index contributed by atoms with van der Waals surface area (Å²) in [6.45, 7) is 4.42. The van der Waals surface area contributed by atoms with Crippen molar-refractivity contribution in [1.29, 1.82) is 0 Å². The largest absolute Gasteiger partial charge is 0.326 e. The van der Waals surface area contributed by atoms with Gasteiger partial charge < -0.3 is 0 Å². The fourth-order valence-corrected chi connectivity index (χ4v) is 2.32. The number of rotatable bonds is 2. The fourth-order valence-electron chi connectivity index (χ4n) is 2.05. The lowest BCUT2D eigenvalue weighted by Crippen LogP contribution is -2.69. The van der Waals surface area contributed by atoms with Gasteiger partial charge in [-0.25, -0.2) is 0 Å². The van der Waals surface area contributed by atoms with Crippen molar-refractivity contribution in [3.63, 3.8) is 0 Å². The molecule has 0 spiro atoms. The summed E-state index contributed by atoms with van der Waals surface area (Å²) in [4.78, 5) is 0. The number of nitrogens with one attached hydrogen (secondary N) is 2. The van der Waals surface area contributed by atoms with E-state index < -0.39 is 0 Å². The van der Waals surface area contributed by atoms with E-state index in [0.29, 0.717) is 10.3 Å². The van der Waals surface area contributed by atoms with Crippen LogP contribution in [0.4, 0.5) is 0 Å². The molecule has 0 atom stereocenters. The molecule has 1 aliphatic carbocycles. The van der Waals surface area contributed by atoms with E-state index in [1.807, 2.05) is 12.5 Å². The maximum Gasteiger partial charge on any atom is 0.326 e. The van der Waals surface area contributed by atoms with Crippen LogP contribution in [-0.4, -0.2) is 34.3 Å². The molecule has 20 heavy (non-hydrogen) atoms. The van der Waals surface area contributed by atoms with Crippen LogP contribution in [0.15, 0.2) is 10.2 Å². The highest BCUT2D eigenvalue weighted by atomic mass is 32.2. The molecule has 0 amide bonds. The number of nitrogens with zero attached hydrogens (tertiary/aromatic N) is 2. The first-order valence-electron chi connectivity index (χ1n) is 6.32. The predicted molar refractivity (Wildman–Crippen MR) is 89.8 cm³/mol. The average molecular weight is 317 g/mol. The fraction of sp³-hybridized carbons (Fsp3) is 0.667. The Hall–Kier alpha value is -1.02. The van der Waals surface area contributed by atoms with Crippen LogP contribution in [0.5, 0.6) is 0 Å². The summed E-state index contributed by atoms with van der Waals surface area (Å²) in [6, 6.07) is 0. The Morgan fingerprint density at radius 3 is 1.75 bits per heavy atom. The maximum absolute atomic E-state index is 5.71. The molecular formula is C12H24N6S2+2. The summed E-state index contributed by atoms with van der Waals surface area (Å²) in [5, 5.41) is 15.7. The summed E-state index contributed by atoms with van der Waals surface area (Å²) in [7, 11) is 0. The Morgan fingerprint density at radius 1 is 1.00 bits per heavy atom. The van der Waals surface area contributed by atoms with Crippen molar-refractivity contribution in [1.82, 2.24) is 0 Å². The molecule has 0 aromatic carbocycles. The Bertz CT molecular complexity index is 425. The zero-order valence-corrected chi connectivity index (χ0v) is 14.1. The van der Waals surface area contributed by atoms with Gasteiger partial charge in [-0.15, -0.1) is 10.2 Å². The van der Waals surface area contributed by atoms with Gasteiger partial charge in [-0.1, -0.05) is 24.1 Å². The molecule has 112 valence electrons. The van der Waals surface area contributed by atoms with Crippen molar-refractivity contribution in [3.05, 3.63) is 0 Å². The van der Waals surface area contributed by atoms with Gasteiger partial charge in [0, 0.05) is 6.42 Å². The number of hydrogen-bond acceptors (Lipinski definition) is 4. The number of amidine groups is 2. The molecule has 0 saturated heterocycles. The van der Waals surface area contributed by atoms with Crippen LogP contribution in [0.25, 0.3) is 0 Å². The Kier molecular flexibility index (Phi) is 6.54. The molecule has 0 radical (unpaired) electrons. The van der Waals surface area contributed by atoms with Crippen molar-refractivity contribution >= 4 is 45.3 Å². The highest BCUT2D eigenvalue weighted by Gasteiger charge is 2.30. The Labute approximate surface area is 128 Å². The molecule has 0 heterocycles. The average Bonchev–Trinajstić information content (AvgIpc) is 2.40. The molecule has 0 unspecified atom stereocenters. The smallest absolute Gasteiger partial charge is 0.280 e. The summed E-state index contributed by atoms with van der Waals surface area (Å²) in [5.41, 5.74) is 13.7. The third kappa shape index (κ3) is 5.96. The molecule has 1 saturated carbocycles. The number of hydrazone groups is 2. The van der Waals surface area contributed by atoms with Crippen molar-refractivity contribution in [3.8, 4) is 0 Å². The van der Waals surface area contributed by atoms with E-state index in [-0.39, 0.29) is 5.41 Å². The molecule has 8 heteroatoms. The maximum atomic E-state index is 5.71. The Morgan fingerprint density at radius 2 is 1.40 bits per heavy atom. The van der Waals surface area contributed by atoms with Crippen LogP contribution >= 0.6 is 23.5 Å². The standard InChI is InChI=1S/C12H22N6S2/c1-12(2)6-8(15-17-10(13)19-3)5-9(7-12)16-18-11(14)20-4/h5-7H2,1-4H3,(H2,13,17)(H2,14,18)/p+2. The van der Waals surface area contributed by atoms with E-state index in [0.717, 1.165) is 30.7 Å². The molecule has 1 fully saturated rings. The third-order valence-electron chi connectivity index (χ3n) is 2.86. The minimum Gasteiger partial charge on any atom is -0.280 e. The second-order valence-corrected chi connectivity index (χ2v) is 7.11. The van der Waals surface area contributed by atoms with Crippen LogP contribution in [0.2, 0.25) is 0 Å². The van der Waals surface area contributed by atoms with Gasteiger partial charge in [0.15, 0.2) is 0 Å². The molecule has 0 aromatic rings. The number of nitrogens with two attached hydrogens (primary N) is 2. The molecule has 0 aromatic heterocycles. The highest BCUT2D eigenvalue weighted by Crippen LogP contribution is 2.31. The molecule has 6 N–H and O–H groups in total. The van der Waals surface area contributed by atoms with Gasteiger partial charge in [0.2, 0.25) is 0 Å². The second kappa shape index (κ2) is 7.68. The van der Waals surface area contributed by atoms with E-state index in [1.54, 1.807) is 0 Å². The highest BCUT2D eigenvalue weighted by molar-refractivity contribution is 8.13. The van der Waals surface area contributed by atoms with Crippen molar-refractivity contribution in [2.24, 2.45) is 27.1 Å². The van der Waals surface area contributed by atoms with Crippen LogP contribution in [-0.2, 0) is 0 Å². The van der Waals surface area contributed by atoms with Gasteiger partial charge >= 0.3 is 10.3 Å². The zero-order valence-electron chi connectivity index (χ0n) is 12.5. The topological polar surface area (TPSA) is 105 Å². The minimum absolute atomic E-state index is 0.140. The van der Waals surface area contributed by atoms with E-state index >= 15 is 0 Å². The molecule has 0 aliphatic heterocycles. The van der Waals surface area contributed by atoms with Crippen molar-refractivity contribution in [2.75, 3.05) is 12.5 Å². The van der Waals surface area contributed by atoms with E-state index in [1.165, 1.54) is 23.5 Å². The first-order chi connectivity index (χ1) is 9.36. The van der Waals surface area contributed by atoms with Crippen LogP contribution in [0.3, 0.4) is 0 Å². The van der Waals surface area contributed by atoms with Crippen LogP contribution in [0.1, 0.15) is 33.1 Å². The number of thioether (sulfide) groups is 2. The van der Waals surface area contributed by atoms with Crippen molar-refractivity contribution < 1.29 is 10.2 Å². The van der Waals surface area contributed by atoms with Gasteiger partial charge in [0.1, 0.15) is 0 Å². The quantitative estimate of drug-likeness (QED) is 0.280. The van der Waals surface area contributed by atoms with Gasteiger partial charge in [-0.3, -0.25) is 11.5 Å². The van der Waals surface area contributed by atoms with E-state index in [9.17, 15) is 0 Å². The van der Waals surface area contributed by atoms with Gasteiger partial charge in [0.25, 0.3) is 0 Å². The molecular weight excluding hydrogens is 292 g/mol.